The molecule has 0 radical (unpaired) electrons. The molecule has 3 rings (SSSR count). The molecule has 10 heteroatoms. The second-order valence-electron chi connectivity index (χ2n) is 6.78. The van der Waals surface area contributed by atoms with Gasteiger partial charge in [-0.25, -0.2) is 23.7 Å². The van der Waals surface area contributed by atoms with Crippen molar-refractivity contribution in [3.8, 4) is 0 Å². The van der Waals surface area contributed by atoms with Crippen LogP contribution in [-0.2, 0) is 16.1 Å². The quantitative estimate of drug-likeness (QED) is 0.854. The number of aromatic nitrogens is 4. The molecule has 0 unspecified atom stereocenters. The first-order valence-corrected chi connectivity index (χ1v) is 9.01. The van der Waals surface area contributed by atoms with Crippen molar-refractivity contribution >= 4 is 22.9 Å². The fraction of sp³-hybridized carbons (Fsp3) is 0.647. The Morgan fingerprint density at radius 2 is 2.00 bits per heavy atom. The standard InChI is InChI=1S/C17H24F2N6O2/c1-5-25-15-12(23-16(25)13(18)19)14(20-8-21-15)22-11(4)17(26)24-6-9(2)27-10(3)7-24/h8-11,13H,5-7H2,1-4H3,(H,20,21,22)/t9-,10+,11-/m1/s1. The summed E-state index contributed by atoms with van der Waals surface area (Å²) < 4.78 is 33.5. The lowest BCUT2D eigenvalue weighted by Gasteiger charge is -2.36. The highest BCUT2D eigenvalue weighted by molar-refractivity contribution is 5.89. The van der Waals surface area contributed by atoms with Crippen molar-refractivity contribution < 1.29 is 18.3 Å². The number of hydrogen-bond donors (Lipinski definition) is 1. The molecule has 2 aromatic heterocycles. The van der Waals surface area contributed by atoms with Gasteiger partial charge in [-0.2, -0.15) is 0 Å². The summed E-state index contributed by atoms with van der Waals surface area (Å²) >= 11 is 0. The summed E-state index contributed by atoms with van der Waals surface area (Å²) in [6, 6.07) is -0.595. The number of imidazole rings is 1. The molecule has 0 aliphatic carbocycles. The molecule has 27 heavy (non-hydrogen) atoms. The predicted octanol–water partition coefficient (Wildman–Crippen LogP) is 2.22. The average molecular weight is 382 g/mol. The number of nitrogens with zero attached hydrogens (tertiary/aromatic N) is 5. The molecule has 148 valence electrons. The van der Waals surface area contributed by atoms with Crippen LogP contribution in [0, 0.1) is 0 Å². The van der Waals surface area contributed by atoms with Gasteiger partial charge in [0.05, 0.1) is 12.2 Å². The first-order valence-electron chi connectivity index (χ1n) is 9.01. The Morgan fingerprint density at radius 1 is 1.33 bits per heavy atom. The van der Waals surface area contributed by atoms with Crippen molar-refractivity contribution in [1.82, 2.24) is 24.4 Å². The van der Waals surface area contributed by atoms with E-state index in [1.165, 1.54) is 10.9 Å². The number of amides is 1. The van der Waals surface area contributed by atoms with Gasteiger partial charge in [0.2, 0.25) is 5.91 Å². The van der Waals surface area contributed by atoms with Gasteiger partial charge < -0.3 is 19.5 Å². The molecular formula is C17H24F2N6O2. The van der Waals surface area contributed by atoms with Gasteiger partial charge in [-0.15, -0.1) is 0 Å². The van der Waals surface area contributed by atoms with Crippen LogP contribution in [0.25, 0.3) is 11.2 Å². The molecular weight excluding hydrogens is 358 g/mol. The number of alkyl halides is 2. The summed E-state index contributed by atoms with van der Waals surface area (Å²) in [6.45, 7) is 8.63. The molecule has 2 aromatic rings. The van der Waals surface area contributed by atoms with Crippen molar-refractivity contribution in [2.24, 2.45) is 0 Å². The maximum absolute atomic E-state index is 13.3. The molecule has 8 nitrogen and oxygen atoms in total. The molecule has 1 N–H and O–H groups in total. The van der Waals surface area contributed by atoms with E-state index in [-0.39, 0.29) is 35.3 Å². The van der Waals surface area contributed by atoms with E-state index in [0.29, 0.717) is 25.3 Å². The molecule has 1 saturated heterocycles. The van der Waals surface area contributed by atoms with E-state index in [0.717, 1.165) is 0 Å². The summed E-state index contributed by atoms with van der Waals surface area (Å²) in [6.07, 6.45) is -1.51. The Morgan fingerprint density at radius 3 is 2.59 bits per heavy atom. The third kappa shape index (κ3) is 3.85. The largest absolute Gasteiger partial charge is 0.372 e. The molecule has 0 aromatic carbocycles. The highest BCUT2D eigenvalue weighted by Gasteiger charge is 2.29. The number of halogens is 2. The number of fused-ring (bicyclic) bond motifs is 1. The summed E-state index contributed by atoms with van der Waals surface area (Å²) in [5.74, 6) is -0.192. The van der Waals surface area contributed by atoms with Crippen LogP contribution in [0.5, 0.6) is 0 Å². The van der Waals surface area contributed by atoms with Crippen LogP contribution >= 0.6 is 0 Å². The van der Waals surface area contributed by atoms with Crippen LogP contribution in [0.4, 0.5) is 14.6 Å². The van der Waals surface area contributed by atoms with Gasteiger partial charge >= 0.3 is 0 Å². The maximum Gasteiger partial charge on any atom is 0.295 e. The van der Waals surface area contributed by atoms with Crippen LogP contribution in [0.1, 0.15) is 39.9 Å². The fourth-order valence-corrected chi connectivity index (χ4v) is 3.44. The third-order valence-electron chi connectivity index (χ3n) is 4.53. The topological polar surface area (TPSA) is 85.2 Å². The SMILES string of the molecule is CCn1c(C(F)F)nc2c(N[C@H](C)C(=O)N3C[C@@H](C)O[C@@H](C)C3)ncnc21. The minimum atomic E-state index is -2.72. The number of morpholine rings is 1. The number of carbonyl (C=O) groups is 1. The molecule has 1 amide bonds. The summed E-state index contributed by atoms with van der Waals surface area (Å²) in [7, 11) is 0. The molecule has 1 aliphatic heterocycles. The second-order valence-corrected chi connectivity index (χ2v) is 6.78. The number of anilines is 1. The molecule has 1 fully saturated rings. The molecule has 0 bridgehead atoms. The zero-order chi connectivity index (χ0) is 19.7. The second kappa shape index (κ2) is 7.71. The smallest absolute Gasteiger partial charge is 0.295 e. The number of aryl methyl sites for hydroxylation is 1. The Kier molecular flexibility index (Phi) is 5.54. The highest BCUT2D eigenvalue weighted by Crippen LogP contribution is 2.26. The first kappa shape index (κ1) is 19.4. The minimum Gasteiger partial charge on any atom is -0.372 e. The van der Waals surface area contributed by atoms with Gasteiger partial charge in [0, 0.05) is 19.6 Å². The lowest BCUT2D eigenvalue weighted by Crippen LogP contribution is -2.52. The van der Waals surface area contributed by atoms with E-state index in [4.69, 9.17) is 4.74 Å². The fourth-order valence-electron chi connectivity index (χ4n) is 3.44. The van der Waals surface area contributed by atoms with Crippen LogP contribution < -0.4 is 5.32 Å². The minimum absolute atomic E-state index is 0.0375. The molecule has 0 saturated carbocycles. The number of rotatable bonds is 5. The lowest BCUT2D eigenvalue weighted by atomic mass is 10.2. The zero-order valence-electron chi connectivity index (χ0n) is 15.8. The zero-order valence-corrected chi connectivity index (χ0v) is 15.8. The van der Waals surface area contributed by atoms with Crippen molar-refractivity contribution in [1.29, 1.82) is 0 Å². The summed E-state index contributed by atoms with van der Waals surface area (Å²) in [5.41, 5.74) is 0.552. The van der Waals surface area contributed by atoms with Crippen LogP contribution in [0.2, 0.25) is 0 Å². The van der Waals surface area contributed by atoms with E-state index in [1.807, 2.05) is 13.8 Å². The van der Waals surface area contributed by atoms with E-state index >= 15 is 0 Å². The number of nitrogens with one attached hydrogen (secondary N) is 1. The normalized spacial score (nSPS) is 21.7. The Bertz CT molecular complexity index is 817. The Labute approximate surface area is 155 Å². The van der Waals surface area contributed by atoms with Crippen molar-refractivity contribution in [2.75, 3.05) is 18.4 Å². The average Bonchev–Trinajstić information content (AvgIpc) is 3.00. The van der Waals surface area contributed by atoms with Crippen molar-refractivity contribution in [2.45, 2.75) is 58.9 Å². The molecule has 1 aliphatic rings. The van der Waals surface area contributed by atoms with Crippen molar-refractivity contribution in [3.63, 3.8) is 0 Å². The van der Waals surface area contributed by atoms with Gasteiger partial charge in [-0.3, -0.25) is 4.79 Å². The van der Waals surface area contributed by atoms with Crippen LogP contribution in [-0.4, -0.2) is 61.7 Å². The molecule has 3 atom stereocenters. The summed E-state index contributed by atoms with van der Waals surface area (Å²) in [5, 5.41) is 3.01. The van der Waals surface area contributed by atoms with Crippen molar-refractivity contribution in [3.05, 3.63) is 12.2 Å². The Balaban J connectivity index is 1.84. The third-order valence-corrected chi connectivity index (χ3v) is 4.53. The van der Waals surface area contributed by atoms with Gasteiger partial charge in [-0.05, 0) is 27.7 Å². The van der Waals surface area contributed by atoms with Crippen LogP contribution in [0.15, 0.2) is 6.33 Å². The van der Waals surface area contributed by atoms with Gasteiger partial charge in [0.15, 0.2) is 22.8 Å². The Hall–Kier alpha value is -2.36. The first-order chi connectivity index (χ1) is 12.8. The van der Waals surface area contributed by atoms with E-state index in [1.54, 1.807) is 18.7 Å². The van der Waals surface area contributed by atoms with Gasteiger partial charge in [-0.1, -0.05) is 0 Å². The predicted molar refractivity (Wildman–Crippen MR) is 95.6 cm³/mol. The highest BCUT2D eigenvalue weighted by atomic mass is 19.3. The van der Waals surface area contributed by atoms with Crippen LogP contribution in [0.3, 0.4) is 0 Å². The number of ether oxygens (including phenoxy) is 1. The lowest BCUT2D eigenvalue weighted by molar-refractivity contribution is -0.143. The van der Waals surface area contributed by atoms with Gasteiger partial charge in [0.25, 0.3) is 6.43 Å². The van der Waals surface area contributed by atoms with E-state index in [9.17, 15) is 13.6 Å². The number of carbonyl (C=O) groups excluding carboxylic acids is 1. The maximum atomic E-state index is 13.3. The summed E-state index contributed by atoms with van der Waals surface area (Å²) in [4.78, 5) is 26.7. The van der Waals surface area contributed by atoms with E-state index in [2.05, 4.69) is 20.3 Å². The molecule has 0 spiro atoms. The van der Waals surface area contributed by atoms with Gasteiger partial charge in [0.1, 0.15) is 12.4 Å². The molecule has 3 heterocycles. The van der Waals surface area contributed by atoms with E-state index < -0.39 is 12.5 Å². The number of hydrogen-bond acceptors (Lipinski definition) is 6. The monoisotopic (exact) mass is 382 g/mol.